The highest BCUT2D eigenvalue weighted by Gasteiger charge is 2.26. The molecule has 1 aliphatic heterocycles. The summed E-state index contributed by atoms with van der Waals surface area (Å²) in [7, 11) is 2.99. The highest BCUT2D eigenvalue weighted by Crippen LogP contribution is 2.20. The number of aromatic hydroxyl groups is 1. The minimum atomic E-state index is -0.789. The van der Waals surface area contributed by atoms with Crippen molar-refractivity contribution in [2.24, 2.45) is 0 Å². The van der Waals surface area contributed by atoms with Crippen LogP contribution in [-0.2, 0) is 22.5 Å². The SMILES string of the molecule is CNc1nc(Nc2cccc(CN3CCN(C(=O)c4nccnc4O)CC3)c2)nc(N[C@@H](Cc2ccc(C#N)cc2)C(=O)OC)n1. The van der Waals surface area contributed by atoms with E-state index in [1.165, 1.54) is 19.5 Å². The van der Waals surface area contributed by atoms with E-state index in [1.54, 1.807) is 36.2 Å². The molecule has 0 radical (unpaired) electrons. The number of aromatic nitrogens is 5. The van der Waals surface area contributed by atoms with Gasteiger partial charge >= 0.3 is 5.97 Å². The number of piperazine rings is 1. The van der Waals surface area contributed by atoms with E-state index in [-0.39, 0.29) is 35.8 Å². The maximum absolute atomic E-state index is 12.8. The summed E-state index contributed by atoms with van der Waals surface area (Å²) in [6.07, 6.45) is 3.01. The zero-order valence-corrected chi connectivity index (χ0v) is 25.3. The summed E-state index contributed by atoms with van der Waals surface area (Å²) in [5.41, 5.74) is 3.12. The Hall–Kier alpha value is -5.88. The van der Waals surface area contributed by atoms with E-state index in [2.05, 4.69) is 51.8 Å². The molecule has 0 bridgehead atoms. The molecule has 2 aromatic heterocycles. The lowest BCUT2D eigenvalue weighted by Crippen LogP contribution is -2.48. The van der Waals surface area contributed by atoms with Gasteiger partial charge in [-0.1, -0.05) is 24.3 Å². The van der Waals surface area contributed by atoms with Crippen LogP contribution >= 0.6 is 0 Å². The molecule has 1 saturated heterocycles. The summed E-state index contributed by atoms with van der Waals surface area (Å²) >= 11 is 0. The van der Waals surface area contributed by atoms with E-state index < -0.39 is 12.0 Å². The summed E-state index contributed by atoms with van der Waals surface area (Å²) < 4.78 is 5.01. The van der Waals surface area contributed by atoms with Gasteiger partial charge in [0, 0.05) is 64.3 Å². The summed E-state index contributed by atoms with van der Waals surface area (Å²) in [6, 6.07) is 16.1. The van der Waals surface area contributed by atoms with Crippen LogP contribution in [-0.4, -0.2) is 98.1 Å². The van der Waals surface area contributed by atoms with Crippen molar-refractivity contribution in [1.29, 1.82) is 5.26 Å². The van der Waals surface area contributed by atoms with Gasteiger partial charge in [-0.2, -0.15) is 20.2 Å². The first kappa shape index (κ1) is 31.5. The number of nitrogens with zero attached hydrogens (tertiary/aromatic N) is 8. The van der Waals surface area contributed by atoms with Crippen LogP contribution in [0.5, 0.6) is 5.88 Å². The summed E-state index contributed by atoms with van der Waals surface area (Å²) in [5, 5.41) is 28.2. The van der Waals surface area contributed by atoms with Crippen LogP contribution in [0.2, 0.25) is 0 Å². The number of amides is 1. The van der Waals surface area contributed by atoms with Gasteiger partial charge in [-0.05, 0) is 35.4 Å². The average molecular weight is 624 g/mol. The van der Waals surface area contributed by atoms with Crippen LogP contribution in [0.15, 0.2) is 60.9 Å². The summed E-state index contributed by atoms with van der Waals surface area (Å²) in [4.78, 5) is 50.3. The third-order valence-corrected chi connectivity index (χ3v) is 7.30. The molecule has 0 unspecified atom stereocenters. The fourth-order valence-electron chi connectivity index (χ4n) is 4.93. The molecule has 0 aliphatic carbocycles. The van der Waals surface area contributed by atoms with Crippen LogP contribution in [0.1, 0.15) is 27.2 Å². The van der Waals surface area contributed by atoms with Gasteiger partial charge in [-0.15, -0.1) is 0 Å². The van der Waals surface area contributed by atoms with Gasteiger partial charge in [-0.3, -0.25) is 9.69 Å². The number of esters is 1. The molecule has 4 N–H and O–H groups in total. The normalized spacial score (nSPS) is 13.7. The summed E-state index contributed by atoms with van der Waals surface area (Å²) in [6.45, 7) is 2.97. The van der Waals surface area contributed by atoms with Crippen molar-refractivity contribution in [2.45, 2.75) is 19.0 Å². The highest BCUT2D eigenvalue weighted by atomic mass is 16.5. The van der Waals surface area contributed by atoms with Gasteiger partial charge in [-0.25, -0.2) is 14.8 Å². The number of carbonyl (C=O) groups excluding carboxylic acids is 2. The van der Waals surface area contributed by atoms with E-state index in [0.29, 0.717) is 44.2 Å². The van der Waals surface area contributed by atoms with Crippen molar-refractivity contribution in [3.8, 4) is 11.9 Å². The zero-order chi connectivity index (χ0) is 32.5. The quantitative estimate of drug-likeness (QED) is 0.178. The molecule has 46 heavy (non-hydrogen) atoms. The molecule has 0 saturated carbocycles. The van der Waals surface area contributed by atoms with Gasteiger partial charge in [0.1, 0.15) is 6.04 Å². The third kappa shape index (κ3) is 7.98. The lowest BCUT2D eigenvalue weighted by Gasteiger charge is -2.34. The number of methoxy groups -OCH3 is 1. The second-order valence-electron chi connectivity index (χ2n) is 10.4. The monoisotopic (exact) mass is 623 g/mol. The van der Waals surface area contributed by atoms with E-state index in [1.807, 2.05) is 24.3 Å². The topological polar surface area (TPSA) is 194 Å². The maximum Gasteiger partial charge on any atom is 0.328 e. The largest absolute Gasteiger partial charge is 0.492 e. The molecule has 1 atom stereocenters. The molecule has 0 spiro atoms. The number of rotatable bonds is 11. The Labute approximate surface area is 265 Å². The van der Waals surface area contributed by atoms with E-state index >= 15 is 0 Å². The molecule has 4 aromatic rings. The van der Waals surface area contributed by atoms with Gasteiger partial charge in [0.2, 0.25) is 23.7 Å². The second kappa shape index (κ2) is 14.7. The Bertz CT molecular complexity index is 1720. The lowest BCUT2D eigenvalue weighted by atomic mass is 10.0. The molecule has 5 rings (SSSR count). The third-order valence-electron chi connectivity index (χ3n) is 7.30. The predicted molar refractivity (Wildman–Crippen MR) is 168 cm³/mol. The molecule has 236 valence electrons. The maximum atomic E-state index is 12.8. The first-order valence-electron chi connectivity index (χ1n) is 14.5. The van der Waals surface area contributed by atoms with Crippen LogP contribution in [0, 0.1) is 11.3 Å². The number of hydrogen-bond donors (Lipinski definition) is 4. The Morgan fingerprint density at radius 2 is 1.70 bits per heavy atom. The molecule has 3 heterocycles. The van der Waals surface area contributed by atoms with Gasteiger partial charge in [0.25, 0.3) is 5.91 Å². The first-order valence-corrected chi connectivity index (χ1v) is 14.5. The second-order valence-corrected chi connectivity index (χ2v) is 10.4. The van der Waals surface area contributed by atoms with Gasteiger partial charge in [0.15, 0.2) is 5.69 Å². The molecule has 15 heteroatoms. The van der Waals surface area contributed by atoms with E-state index in [4.69, 9.17) is 10.00 Å². The number of carbonyl (C=O) groups is 2. The van der Waals surface area contributed by atoms with Crippen molar-refractivity contribution in [3.63, 3.8) is 0 Å². The molecule has 1 aliphatic rings. The van der Waals surface area contributed by atoms with Crippen molar-refractivity contribution < 1.29 is 19.4 Å². The molecule has 1 amide bonds. The van der Waals surface area contributed by atoms with Crippen molar-refractivity contribution >= 4 is 35.4 Å². The molecule has 2 aromatic carbocycles. The van der Waals surface area contributed by atoms with Crippen molar-refractivity contribution in [2.75, 3.05) is 56.3 Å². The van der Waals surface area contributed by atoms with E-state index in [0.717, 1.165) is 16.8 Å². The van der Waals surface area contributed by atoms with Gasteiger partial charge < -0.3 is 30.7 Å². The van der Waals surface area contributed by atoms with Gasteiger partial charge in [0.05, 0.1) is 18.7 Å². The zero-order valence-electron chi connectivity index (χ0n) is 25.3. The number of hydrogen-bond acceptors (Lipinski definition) is 14. The standard InChI is InChI=1S/C31H33N11O4/c1-33-29-38-30(40-31(39-29)37-24(28(45)46-2)17-20-6-8-21(18-32)9-7-20)36-23-5-3-4-22(16-23)19-41-12-14-42(15-13-41)27(44)25-26(43)35-11-10-34-25/h3-11,16,24H,12-15,17,19H2,1-2H3,(H,35,43)(H3,33,36,37,38,39,40)/t24-/m0/s1. The predicted octanol–water partition coefficient (Wildman–Crippen LogP) is 2.18. The Morgan fingerprint density at radius 1 is 0.978 bits per heavy atom. The number of anilines is 4. The van der Waals surface area contributed by atoms with Crippen LogP contribution in [0.4, 0.5) is 23.5 Å². The number of nitriles is 1. The van der Waals surface area contributed by atoms with E-state index in [9.17, 15) is 14.7 Å². The van der Waals surface area contributed by atoms with Crippen LogP contribution in [0.25, 0.3) is 0 Å². The molecule has 1 fully saturated rings. The fourth-order valence-corrected chi connectivity index (χ4v) is 4.93. The minimum absolute atomic E-state index is 0.0417. The number of nitrogens with one attached hydrogen (secondary N) is 3. The van der Waals surface area contributed by atoms with Crippen LogP contribution < -0.4 is 16.0 Å². The molecule has 15 nitrogen and oxygen atoms in total. The Kier molecular flexibility index (Phi) is 10.1. The number of ether oxygens (including phenoxy) is 1. The fraction of sp³-hybridized carbons (Fsp3) is 0.290. The van der Waals surface area contributed by atoms with Crippen molar-refractivity contribution in [3.05, 3.63) is 83.3 Å². The Balaban J connectivity index is 1.23. The number of benzene rings is 2. The molecular formula is C31H33N11O4. The molecular weight excluding hydrogens is 590 g/mol. The first-order chi connectivity index (χ1) is 22.3. The lowest BCUT2D eigenvalue weighted by molar-refractivity contribution is -0.141. The average Bonchev–Trinajstić information content (AvgIpc) is 3.08. The smallest absolute Gasteiger partial charge is 0.328 e. The minimum Gasteiger partial charge on any atom is -0.492 e. The van der Waals surface area contributed by atoms with Crippen molar-refractivity contribution in [1.82, 2.24) is 34.7 Å². The highest BCUT2D eigenvalue weighted by molar-refractivity contribution is 5.94. The Morgan fingerprint density at radius 3 is 2.39 bits per heavy atom. The van der Waals surface area contributed by atoms with Crippen LogP contribution in [0.3, 0.4) is 0 Å². The summed E-state index contributed by atoms with van der Waals surface area (Å²) in [5.74, 6) is -0.468.